The first-order valence-electron chi connectivity index (χ1n) is 6.55. The molecular formula is C16H12Cl2FNO3. The van der Waals surface area contributed by atoms with Crippen molar-refractivity contribution in [1.29, 1.82) is 0 Å². The van der Waals surface area contributed by atoms with Gasteiger partial charge in [0.25, 0.3) is 5.91 Å². The number of nitrogens with one attached hydrogen (secondary N) is 1. The zero-order valence-corrected chi connectivity index (χ0v) is 13.5. The van der Waals surface area contributed by atoms with Crippen LogP contribution in [-0.2, 0) is 9.53 Å². The van der Waals surface area contributed by atoms with E-state index >= 15 is 0 Å². The van der Waals surface area contributed by atoms with Gasteiger partial charge in [0.05, 0.1) is 21.3 Å². The minimum atomic E-state index is -0.805. The molecule has 1 amide bonds. The minimum Gasteiger partial charge on any atom is -0.452 e. The molecule has 23 heavy (non-hydrogen) atoms. The van der Waals surface area contributed by atoms with Crippen molar-refractivity contribution in [1.82, 2.24) is 0 Å². The summed E-state index contributed by atoms with van der Waals surface area (Å²) in [6.45, 7) is 1.22. The summed E-state index contributed by atoms with van der Waals surface area (Å²) in [6.07, 6.45) is 0. The van der Waals surface area contributed by atoms with E-state index < -0.39 is 24.3 Å². The Labute approximate surface area is 142 Å². The Balaban J connectivity index is 1.98. The van der Waals surface area contributed by atoms with Crippen LogP contribution in [-0.4, -0.2) is 18.5 Å². The van der Waals surface area contributed by atoms with Crippen molar-refractivity contribution >= 4 is 40.8 Å². The van der Waals surface area contributed by atoms with Gasteiger partial charge in [-0.2, -0.15) is 0 Å². The molecule has 1 N–H and O–H groups in total. The summed E-state index contributed by atoms with van der Waals surface area (Å²) < 4.78 is 17.8. The second-order valence-electron chi connectivity index (χ2n) is 4.69. The molecule has 0 saturated heterocycles. The number of anilines is 1. The molecule has 0 saturated carbocycles. The van der Waals surface area contributed by atoms with Crippen LogP contribution in [0.5, 0.6) is 0 Å². The molecule has 120 valence electrons. The number of carbonyl (C=O) groups is 2. The van der Waals surface area contributed by atoms with Gasteiger partial charge in [-0.25, -0.2) is 9.18 Å². The second kappa shape index (κ2) is 7.44. The van der Waals surface area contributed by atoms with Crippen LogP contribution in [0.15, 0.2) is 36.4 Å². The number of rotatable bonds is 4. The van der Waals surface area contributed by atoms with Gasteiger partial charge in [0.1, 0.15) is 5.82 Å². The van der Waals surface area contributed by atoms with Gasteiger partial charge in [0.15, 0.2) is 6.61 Å². The van der Waals surface area contributed by atoms with Gasteiger partial charge < -0.3 is 10.1 Å². The van der Waals surface area contributed by atoms with Crippen molar-refractivity contribution < 1.29 is 18.7 Å². The first-order valence-corrected chi connectivity index (χ1v) is 7.31. The molecule has 0 aliphatic heterocycles. The van der Waals surface area contributed by atoms with Crippen molar-refractivity contribution in [2.75, 3.05) is 11.9 Å². The topological polar surface area (TPSA) is 55.4 Å². The standard InChI is InChI=1S/C16H12Cl2FNO3/c1-9-5-6-12(17)15(14(9)18)20-13(21)8-23-16(22)10-3-2-4-11(19)7-10/h2-7H,8H2,1H3,(H,20,21). The third-order valence-electron chi connectivity index (χ3n) is 2.94. The van der Waals surface area contributed by atoms with E-state index in [1.54, 1.807) is 19.1 Å². The molecule has 4 nitrogen and oxygen atoms in total. The number of hydrogen-bond donors (Lipinski definition) is 1. The SMILES string of the molecule is Cc1ccc(Cl)c(NC(=O)COC(=O)c2cccc(F)c2)c1Cl. The molecule has 0 radical (unpaired) electrons. The number of hydrogen-bond acceptors (Lipinski definition) is 3. The van der Waals surface area contributed by atoms with Crippen LogP contribution >= 0.6 is 23.2 Å². The molecular weight excluding hydrogens is 344 g/mol. The third kappa shape index (κ3) is 4.43. The van der Waals surface area contributed by atoms with Crippen LogP contribution in [0, 0.1) is 12.7 Å². The lowest BCUT2D eigenvalue weighted by molar-refractivity contribution is -0.119. The molecule has 2 rings (SSSR count). The molecule has 0 fully saturated rings. The summed E-state index contributed by atoms with van der Waals surface area (Å²) in [6, 6.07) is 8.29. The van der Waals surface area contributed by atoms with E-state index in [0.717, 1.165) is 11.6 Å². The number of esters is 1. The molecule has 0 aromatic heterocycles. The van der Waals surface area contributed by atoms with Gasteiger partial charge in [0, 0.05) is 0 Å². The average Bonchev–Trinajstić information content (AvgIpc) is 2.53. The molecule has 0 aliphatic rings. The molecule has 2 aromatic rings. The lowest BCUT2D eigenvalue weighted by Crippen LogP contribution is -2.21. The van der Waals surface area contributed by atoms with Gasteiger partial charge in [-0.05, 0) is 36.8 Å². The molecule has 0 unspecified atom stereocenters. The number of amides is 1. The molecule has 0 aliphatic carbocycles. The van der Waals surface area contributed by atoms with Gasteiger partial charge in [0.2, 0.25) is 0 Å². The number of halogens is 3. The highest BCUT2D eigenvalue weighted by atomic mass is 35.5. The Hall–Kier alpha value is -2.11. The number of ether oxygens (including phenoxy) is 1. The summed E-state index contributed by atoms with van der Waals surface area (Å²) in [4.78, 5) is 23.6. The zero-order valence-electron chi connectivity index (χ0n) is 12.0. The Morgan fingerprint density at radius 2 is 1.96 bits per heavy atom. The molecule has 0 atom stereocenters. The van der Waals surface area contributed by atoms with E-state index in [0.29, 0.717) is 5.02 Å². The van der Waals surface area contributed by atoms with E-state index in [9.17, 15) is 14.0 Å². The third-order valence-corrected chi connectivity index (χ3v) is 3.75. The maximum Gasteiger partial charge on any atom is 0.338 e. The lowest BCUT2D eigenvalue weighted by atomic mass is 10.2. The van der Waals surface area contributed by atoms with Crippen LogP contribution in [0.4, 0.5) is 10.1 Å². The van der Waals surface area contributed by atoms with Gasteiger partial charge >= 0.3 is 5.97 Å². The van der Waals surface area contributed by atoms with Crippen LogP contribution in [0.25, 0.3) is 0 Å². The van der Waals surface area contributed by atoms with E-state index in [1.165, 1.54) is 18.2 Å². The van der Waals surface area contributed by atoms with Crippen molar-refractivity contribution in [3.8, 4) is 0 Å². The second-order valence-corrected chi connectivity index (χ2v) is 5.47. The van der Waals surface area contributed by atoms with Gasteiger partial charge in [-0.3, -0.25) is 4.79 Å². The smallest absolute Gasteiger partial charge is 0.338 e. The molecule has 0 heterocycles. The Morgan fingerprint density at radius 1 is 1.22 bits per heavy atom. The fourth-order valence-electron chi connectivity index (χ4n) is 1.78. The highest BCUT2D eigenvalue weighted by Gasteiger charge is 2.14. The molecule has 2 aromatic carbocycles. The highest BCUT2D eigenvalue weighted by molar-refractivity contribution is 6.40. The number of benzene rings is 2. The maximum atomic E-state index is 13.0. The Bertz CT molecular complexity index is 765. The van der Waals surface area contributed by atoms with Crippen molar-refractivity contribution in [3.05, 3.63) is 63.4 Å². The fourth-order valence-corrected chi connectivity index (χ4v) is 2.24. The Kier molecular flexibility index (Phi) is 5.58. The molecule has 0 spiro atoms. The first-order chi connectivity index (χ1) is 10.9. The zero-order chi connectivity index (χ0) is 17.0. The monoisotopic (exact) mass is 355 g/mol. The quantitative estimate of drug-likeness (QED) is 0.834. The summed E-state index contributed by atoms with van der Waals surface area (Å²) >= 11 is 12.0. The van der Waals surface area contributed by atoms with Crippen molar-refractivity contribution in [3.63, 3.8) is 0 Å². The number of aryl methyl sites for hydroxylation is 1. The summed E-state index contributed by atoms with van der Waals surface area (Å²) in [7, 11) is 0. The molecule has 7 heteroatoms. The van der Waals surface area contributed by atoms with Crippen LogP contribution in [0.2, 0.25) is 10.0 Å². The van der Waals surface area contributed by atoms with Crippen LogP contribution < -0.4 is 5.32 Å². The van der Waals surface area contributed by atoms with Gasteiger partial charge in [-0.15, -0.1) is 0 Å². The maximum absolute atomic E-state index is 13.0. The van der Waals surface area contributed by atoms with Crippen LogP contribution in [0.3, 0.4) is 0 Å². The van der Waals surface area contributed by atoms with Crippen molar-refractivity contribution in [2.24, 2.45) is 0 Å². The lowest BCUT2D eigenvalue weighted by Gasteiger charge is -2.11. The largest absolute Gasteiger partial charge is 0.452 e. The summed E-state index contributed by atoms with van der Waals surface area (Å²) in [5.74, 6) is -1.98. The number of carbonyl (C=O) groups excluding carboxylic acids is 2. The Morgan fingerprint density at radius 3 is 2.65 bits per heavy atom. The minimum absolute atomic E-state index is 0.0180. The normalized spacial score (nSPS) is 10.3. The van der Waals surface area contributed by atoms with E-state index in [1.807, 2.05) is 0 Å². The van der Waals surface area contributed by atoms with E-state index in [2.05, 4.69) is 5.32 Å². The predicted octanol–water partition coefficient (Wildman–Crippen LogP) is 4.24. The van der Waals surface area contributed by atoms with Gasteiger partial charge in [-0.1, -0.05) is 35.3 Å². The van der Waals surface area contributed by atoms with E-state index in [-0.39, 0.29) is 16.3 Å². The summed E-state index contributed by atoms with van der Waals surface area (Å²) in [5.41, 5.74) is 1.01. The average molecular weight is 356 g/mol. The fraction of sp³-hybridized carbons (Fsp3) is 0.125. The highest BCUT2D eigenvalue weighted by Crippen LogP contribution is 2.32. The van der Waals surface area contributed by atoms with Crippen molar-refractivity contribution in [2.45, 2.75) is 6.92 Å². The molecule has 0 bridgehead atoms. The van der Waals surface area contributed by atoms with E-state index in [4.69, 9.17) is 27.9 Å². The predicted molar refractivity (Wildman–Crippen MR) is 86.5 cm³/mol. The van der Waals surface area contributed by atoms with Crippen LogP contribution in [0.1, 0.15) is 15.9 Å². The first kappa shape index (κ1) is 17.2. The summed E-state index contributed by atoms with van der Waals surface area (Å²) in [5, 5.41) is 3.06.